The van der Waals surface area contributed by atoms with Gasteiger partial charge in [-0.15, -0.1) is 0 Å². The second kappa shape index (κ2) is 6.23. The zero-order valence-corrected chi connectivity index (χ0v) is 10.7. The van der Waals surface area contributed by atoms with Gasteiger partial charge in [0.15, 0.2) is 0 Å². The molecule has 110 valence electrons. The summed E-state index contributed by atoms with van der Waals surface area (Å²) in [7, 11) is 0. The fourth-order valence-electron chi connectivity index (χ4n) is 1.96. The molecular weight excluding hydrogens is 273 g/mol. The van der Waals surface area contributed by atoms with Crippen molar-refractivity contribution in [3.05, 3.63) is 34.9 Å². The lowest BCUT2D eigenvalue weighted by Gasteiger charge is -2.09. The Kier molecular flexibility index (Phi) is 4.61. The summed E-state index contributed by atoms with van der Waals surface area (Å²) < 4.78 is 39.9. The second-order valence-electron chi connectivity index (χ2n) is 4.51. The van der Waals surface area contributed by atoms with E-state index < -0.39 is 12.8 Å². The number of halogens is 3. The van der Waals surface area contributed by atoms with E-state index in [9.17, 15) is 18.0 Å². The van der Waals surface area contributed by atoms with E-state index in [0.717, 1.165) is 24.2 Å². The first kappa shape index (κ1) is 14.8. The third-order valence-corrected chi connectivity index (χ3v) is 2.90. The van der Waals surface area contributed by atoms with E-state index >= 15 is 0 Å². The molecule has 0 unspecified atom stereocenters. The number of nitrogens with one attached hydrogen (secondary N) is 2. The van der Waals surface area contributed by atoms with Gasteiger partial charge in [-0.2, -0.15) is 13.2 Å². The molecule has 2 rings (SSSR count). The quantitative estimate of drug-likeness (QED) is 0.809. The summed E-state index contributed by atoms with van der Waals surface area (Å²) in [5.74, 6) is -0.310. The van der Waals surface area contributed by atoms with Crippen LogP contribution in [0.4, 0.5) is 13.2 Å². The van der Waals surface area contributed by atoms with E-state index in [0.29, 0.717) is 5.56 Å². The monoisotopic (exact) mass is 288 g/mol. The Morgan fingerprint density at radius 2 is 2.05 bits per heavy atom. The van der Waals surface area contributed by atoms with Crippen LogP contribution in [0.2, 0.25) is 0 Å². The van der Waals surface area contributed by atoms with Gasteiger partial charge in [-0.3, -0.25) is 4.79 Å². The van der Waals surface area contributed by atoms with Crippen molar-refractivity contribution in [3.63, 3.8) is 0 Å². The lowest BCUT2D eigenvalue weighted by Crippen LogP contribution is -2.29. The summed E-state index contributed by atoms with van der Waals surface area (Å²) >= 11 is 0. The van der Waals surface area contributed by atoms with Crippen molar-refractivity contribution in [2.45, 2.75) is 19.3 Å². The molecule has 1 aromatic carbocycles. The molecule has 0 fully saturated rings. The Morgan fingerprint density at radius 3 is 2.80 bits per heavy atom. The molecule has 0 aromatic heterocycles. The molecule has 1 aromatic rings. The van der Waals surface area contributed by atoms with Crippen LogP contribution in [0.1, 0.15) is 21.5 Å². The first-order valence-electron chi connectivity index (χ1n) is 6.21. The van der Waals surface area contributed by atoms with E-state index in [2.05, 4.69) is 15.4 Å². The predicted molar refractivity (Wildman–Crippen MR) is 66.2 cm³/mol. The van der Waals surface area contributed by atoms with Crippen LogP contribution in [0.5, 0.6) is 0 Å². The number of carbonyl (C=O) groups excluding carboxylic acids is 1. The normalized spacial score (nSPS) is 14.2. The number of hydrogen-bond donors (Lipinski definition) is 2. The van der Waals surface area contributed by atoms with Gasteiger partial charge in [-0.25, -0.2) is 0 Å². The van der Waals surface area contributed by atoms with Crippen molar-refractivity contribution in [1.82, 2.24) is 10.6 Å². The standard InChI is InChI=1S/C13H15F3N2O2/c14-13(15,16)8-20-4-3-18-12(19)9-1-2-10-6-17-7-11(10)5-9/h1-2,5,17H,3-4,6-8H2,(H,18,19). The zero-order valence-electron chi connectivity index (χ0n) is 10.7. The molecule has 4 nitrogen and oxygen atoms in total. The third-order valence-electron chi connectivity index (χ3n) is 2.90. The van der Waals surface area contributed by atoms with E-state index in [1.165, 1.54) is 0 Å². The highest BCUT2D eigenvalue weighted by Crippen LogP contribution is 2.17. The number of amides is 1. The van der Waals surface area contributed by atoms with Crippen LogP contribution in [-0.4, -0.2) is 31.8 Å². The van der Waals surface area contributed by atoms with Crippen molar-refractivity contribution in [1.29, 1.82) is 0 Å². The number of rotatable bonds is 5. The number of alkyl halides is 3. The zero-order chi connectivity index (χ0) is 14.6. The van der Waals surface area contributed by atoms with E-state index in [1.54, 1.807) is 12.1 Å². The molecule has 7 heteroatoms. The molecule has 0 aliphatic carbocycles. The molecular formula is C13H15F3N2O2. The molecule has 1 amide bonds. The van der Waals surface area contributed by atoms with Gasteiger partial charge in [-0.1, -0.05) is 6.07 Å². The number of ether oxygens (including phenoxy) is 1. The van der Waals surface area contributed by atoms with Crippen LogP contribution in [0, 0.1) is 0 Å². The summed E-state index contributed by atoms with van der Waals surface area (Å²) in [6, 6.07) is 5.38. The van der Waals surface area contributed by atoms with Gasteiger partial charge < -0.3 is 15.4 Å². The number of benzene rings is 1. The SMILES string of the molecule is O=C(NCCOCC(F)(F)F)c1ccc2c(c1)CNC2. The third kappa shape index (κ3) is 4.21. The minimum Gasteiger partial charge on any atom is -0.370 e. The molecule has 0 radical (unpaired) electrons. The van der Waals surface area contributed by atoms with Gasteiger partial charge in [-0.05, 0) is 23.3 Å². The fourth-order valence-corrected chi connectivity index (χ4v) is 1.96. The summed E-state index contributed by atoms with van der Waals surface area (Å²) in [5.41, 5.74) is 2.74. The average molecular weight is 288 g/mol. The van der Waals surface area contributed by atoms with Crippen LogP contribution in [-0.2, 0) is 17.8 Å². The lowest BCUT2D eigenvalue weighted by atomic mass is 10.1. The lowest BCUT2D eigenvalue weighted by molar-refractivity contribution is -0.173. The maximum absolute atomic E-state index is 11.8. The number of carbonyl (C=O) groups is 1. The molecule has 0 spiro atoms. The van der Waals surface area contributed by atoms with Gasteiger partial charge >= 0.3 is 6.18 Å². The van der Waals surface area contributed by atoms with E-state index in [-0.39, 0.29) is 19.1 Å². The van der Waals surface area contributed by atoms with Crippen LogP contribution in [0.3, 0.4) is 0 Å². The molecule has 0 saturated carbocycles. The topological polar surface area (TPSA) is 50.4 Å². The molecule has 0 saturated heterocycles. The van der Waals surface area contributed by atoms with E-state index in [1.807, 2.05) is 6.07 Å². The largest absolute Gasteiger partial charge is 0.411 e. The fraction of sp³-hybridized carbons (Fsp3) is 0.462. The Morgan fingerprint density at radius 1 is 1.30 bits per heavy atom. The van der Waals surface area contributed by atoms with Crippen LogP contribution in [0.25, 0.3) is 0 Å². The summed E-state index contributed by atoms with van der Waals surface area (Å²) in [6.45, 7) is 0.100. The first-order valence-corrected chi connectivity index (χ1v) is 6.21. The average Bonchev–Trinajstić information content (AvgIpc) is 2.83. The Bertz CT molecular complexity index is 489. The number of hydrogen-bond acceptors (Lipinski definition) is 3. The molecule has 0 bridgehead atoms. The van der Waals surface area contributed by atoms with Gasteiger partial charge in [0.25, 0.3) is 5.91 Å². The molecule has 1 heterocycles. The number of fused-ring (bicyclic) bond motifs is 1. The predicted octanol–water partition coefficient (Wildman–Crippen LogP) is 1.60. The Hall–Kier alpha value is -1.60. The minimum atomic E-state index is -4.34. The van der Waals surface area contributed by atoms with Crippen molar-refractivity contribution in [3.8, 4) is 0 Å². The highest BCUT2D eigenvalue weighted by Gasteiger charge is 2.27. The highest BCUT2D eigenvalue weighted by molar-refractivity contribution is 5.94. The van der Waals surface area contributed by atoms with Crippen LogP contribution < -0.4 is 10.6 Å². The Labute approximate surface area is 114 Å². The molecule has 1 aliphatic rings. The molecule has 2 N–H and O–H groups in total. The van der Waals surface area contributed by atoms with Crippen molar-refractivity contribution in [2.75, 3.05) is 19.8 Å². The van der Waals surface area contributed by atoms with Crippen LogP contribution >= 0.6 is 0 Å². The highest BCUT2D eigenvalue weighted by atomic mass is 19.4. The molecule has 1 aliphatic heterocycles. The second-order valence-corrected chi connectivity index (χ2v) is 4.51. The van der Waals surface area contributed by atoms with Gasteiger partial charge in [0.2, 0.25) is 0 Å². The molecule has 20 heavy (non-hydrogen) atoms. The summed E-state index contributed by atoms with van der Waals surface area (Å²) in [6.07, 6.45) is -4.34. The van der Waals surface area contributed by atoms with Crippen molar-refractivity contribution < 1.29 is 22.7 Å². The summed E-state index contributed by atoms with van der Waals surface area (Å²) in [4.78, 5) is 11.8. The van der Waals surface area contributed by atoms with Crippen molar-refractivity contribution >= 4 is 5.91 Å². The van der Waals surface area contributed by atoms with Gasteiger partial charge in [0, 0.05) is 25.2 Å². The van der Waals surface area contributed by atoms with Crippen LogP contribution in [0.15, 0.2) is 18.2 Å². The smallest absolute Gasteiger partial charge is 0.370 e. The maximum Gasteiger partial charge on any atom is 0.411 e. The van der Waals surface area contributed by atoms with Gasteiger partial charge in [0.05, 0.1) is 6.61 Å². The maximum atomic E-state index is 11.8. The minimum absolute atomic E-state index is 0.0459. The van der Waals surface area contributed by atoms with Gasteiger partial charge in [0.1, 0.15) is 6.61 Å². The summed E-state index contributed by atoms with van der Waals surface area (Å²) in [5, 5.41) is 5.69. The Balaban J connectivity index is 1.75. The molecule has 0 atom stereocenters. The first-order chi connectivity index (χ1) is 9.46. The van der Waals surface area contributed by atoms with Crippen molar-refractivity contribution in [2.24, 2.45) is 0 Å². The van der Waals surface area contributed by atoms with E-state index in [4.69, 9.17) is 0 Å².